The molecule has 1 heterocycles. The number of hydrogen-bond acceptors (Lipinski definition) is 3. The zero-order valence-electron chi connectivity index (χ0n) is 18.0. The van der Waals surface area contributed by atoms with E-state index in [4.69, 9.17) is 9.73 Å². The standard InChI is InChI=1S/C24H33N3O2.HI/c1-3-25-23(27-17-24(10-12-28)11-13-29-18-24)26-16-20-7-5-9-22(15-20)21-8-4-6-19(2)14-21;/h4-9,14-15,28H,3,10-13,16-18H2,1-2H3,(H2,25,26,27);1H. The first kappa shape index (κ1) is 24.6. The predicted octanol–water partition coefficient (Wildman–Crippen LogP) is 4.12. The molecule has 0 radical (unpaired) electrons. The average Bonchev–Trinajstić information content (AvgIpc) is 3.19. The second-order valence-corrected chi connectivity index (χ2v) is 7.89. The van der Waals surface area contributed by atoms with E-state index in [1.54, 1.807) is 0 Å². The summed E-state index contributed by atoms with van der Waals surface area (Å²) in [6.45, 7) is 7.99. The summed E-state index contributed by atoms with van der Waals surface area (Å²) >= 11 is 0. The molecule has 1 saturated heterocycles. The number of nitrogens with zero attached hydrogens (tertiary/aromatic N) is 1. The predicted molar refractivity (Wildman–Crippen MR) is 134 cm³/mol. The lowest BCUT2D eigenvalue weighted by molar-refractivity contribution is 0.127. The molecule has 5 nitrogen and oxygen atoms in total. The minimum Gasteiger partial charge on any atom is -0.396 e. The van der Waals surface area contributed by atoms with Gasteiger partial charge in [-0.25, -0.2) is 4.99 Å². The van der Waals surface area contributed by atoms with Crippen LogP contribution >= 0.6 is 24.0 Å². The van der Waals surface area contributed by atoms with E-state index in [1.807, 2.05) is 0 Å². The van der Waals surface area contributed by atoms with Crippen molar-refractivity contribution in [1.29, 1.82) is 0 Å². The zero-order valence-corrected chi connectivity index (χ0v) is 20.3. The second kappa shape index (κ2) is 12.3. The van der Waals surface area contributed by atoms with Crippen LogP contribution in [-0.4, -0.2) is 44.0 Å². The topological polar surface area (TPSA) is 65.9 Å². The van der Waals surface area contributed by atoms with E-state index in [2.05, 4.69) is 73.0 Å². The number of aliphatic hydroxyl groups is 1. The van der Waals surface area contributed by atoms with Crippen LogP contribution in [0.15, 0.2) is 53.5 Å². The van der Waals surface area contributed by atoms with Gasteiger partial charge in [-0.3, -0.25) is 0 Å². The number of aliphatic imine (C=N–C) groups is 1. The Morgan fingerprint density at radius 1 is 1.13 bits per heavy atom. The fourth-order valence-corrected chi connectivity index (χ4v) is 3.77. The summed E-state index contributed by atoms with van der Waals surface area (Å²) in [5, 5.41) is 16.2. The molecular weight excluding hydrogens is 489 g/mol. The molecule has 3 N–H and O–H groups in total. The van der Waals surface area contributed by atoms with Gasteiger partial charge in [-0.2, -0.15) is 0 Å². The number of halogens is 1. The molecule has 0 bridgehead atoms. The quantitative estimate of drug-likeness (QED) is 0.277. The van der Waals surface area contributed by atoms with Crippen molar-refractivity contribution in [3.05, 3.63) is 59.7 Å². The van der Waals surface area contributed by atoms with E-state index < -0.39 is 0 Å². The van der Waals surface area contributed by atoms with Crippen LogP contribution in [0.5, 0.6) is 0 Å². The highest BCUT2D eigenvalue weighted by Crippen LogP contribution is 2.31. The third-order valence-electron chi connectivity index (χ3n) is 5.50. The molecule has 0 aliphatic carbocycles. The molecule has 30 heavy (non-hydrogen) atoms. The fraction of sp³-hybridized carbons (Fsp3) is 0.458. The molecule has 0 saturated carbocycles. The molecule has 0 amide bonds. The molecule has 6 heteroatoms. The van der Waals surface area contributed by atoms with Crippen molar-refractivity contribution < 1.29 is 9.84 Å². The lowest BCUT2D eigenvalue weighted by atomic mass is 9.84. The van der Waals surface area contributed by atoms with Crippen molar-refractivity contribution in [3.8, 4) is 11.1 Å². The Balaban J connectivity index is 0.00000320. The van der Waals surface area contributed by atoms with Crippen LogP contribution < -0.4 is 10.6 Å². The molecule has 1 aliphatic heterocycles. The SMILES string of the molecule is CCNC(=NCc1cccc(-c2cccc(C)c2)c1)NCC1(CCO)CCOC1.I. The van der Waals surface area contributed by atoms with Crippen molar-refractivity contribution in [2.45, 2.75) is 33.2 Å². The summed E-state index contributed by atoms with van der Waals surface area (Å²) in [6, 6.07) is 17.1. The lowest BCUT2D eigenvalue weighted by Crippen LogP contribution is -2.44. The van der Waals surface area contributed by atoms with Crippen LogP contribution in [-0.2, 0) is 11.3 Å². The average molecular weight is 523 g/mol. The molecule has 0 aromatic heterocycles. The monoisotopic (exact) mass is 523 g/mol. The second-order valence-electron chi connectivity index (χ2n) is 7.89. The minimum atomic E-state index is -0.00394. The first-order valence-electron chi connectivity index (χ1n) is 10.5. The summed E-state index contributed by atoms with van der Waals surface area (Å²) in [6.07, 6.45) is 1.72. The lowest BCUT2D eigenvalue weighted by Gasteiger charge is -2.27. The van der Waals surface area contributed by atoms with Crippen molar-refractivity contribution in [3.63, 3.8) is 0 Å². The summed E-state index contributed by atoms with van der Waals surface area (Å²) in [5.41, 5.74) is 4.88. The minimum absolute atomic E-state index is 0. The Morgan fingerprint density at radius 2 is 1.90 bits per heavy atom. The number of ether oxygens (including phenoxy) is 1. The third-order valence-corrected chi connectivity index (χ3v) is 5.50. The smallest absolute Gasteiger partial charge is 0.191 e. The van der Waals surface area contributed by atoms with Crippen LogP contribution in [0.2, 0.25) is 0 Å². The molecule has 1 unspecified atom stereocenters. The maximum Gasteiger partial charge on any atom is 0.191 e. The number of benzene rings is 2. The van der Waals surface area contributed by atoms with E-state index in [0.717, 1.165) is 38.5 Å². The molecule has 1 atom stereocenters. The van der Waals surface area contributed by atoms with Gasteiger partial charge in [-0.1, -0.05) is 48.0 Å². The Morgan fingerprint density at radius 3 is 2.57 bits per heavy atom. The van der Waals surface area contributed by atoms with Gasteiger partial charge in [0, 0.05) is 31.7 Å². The summed E-state index contributed by atoms with van der Waals surface area (Å²) < 4.78 is 5.59. The number of guanidine groups is 1. The largest absolute Gasteiger partial charge is 0.396 e. The number of nitrogens with one attached hydrogen (secondary N) is 2. The molecule has 0 spiro atoms. The van der Waals surface area contributed by atoms with Crippen molar-refractivity contribution in [2.24, 2.45) is 10.4 Å². The van der Waals surface area contributed by atoms with Crippen LogP contribution in [0.1, 0.15) is 30.9 Å². The number of hydrogen-bond donors (Lipinski definition) is 3. The molecule has 2 aromatic carbocycles. The van der Waals surface area contributed by atoms with E-state index in [0.29, 0.717) is 13.2 Å². The number of aliphatic hydroxyl groups excluding tert-OH is 1. The summed E-state index contributed by atoms with van der Waals surface area (Å²) in [4.78, 5) is 4.78. The number of aryl methyl sites for hydroxylation is 1. The Bertz CT molecular complexity index is 820. The van der Waals surface area contributed by atoms with Crippen molar-refractivity contribution in [2.75, 3.05) is 32.9 Å². The van der Waals surface area contributed by atoms with Gasteiger partial charge in [0.1, 0.15) is 0 Å². The molecule has 164 valence electrons. The van der Waals surface area contributed by atoms with E-state index >= 15 is 0 Å². The summed E-state index contributed by atoms with van der Waals surface area (Å²) in [7, 11) is 0. The van der Waals surface area contributed by atoms with Gasteiger partial charge in [0.2, 0.25) is 0 Å². The van der Waals surface area contributed by atoms with Crippen molar-refractivity contribution in [1.82, 2.24) is 10.6 Å². The Labute approximate surface area is 197 Å². The maximum absolute atomic E-state index is 9.42. The highest BCUT2D eigenvalue weighted by molar-refractivity contribution is 14.0. The molecule has 1 fully saturated rings. The van der Waals surface area contributed by atoms with Crippen LogP contribution in [0.4, 0.5) is 0 Å². The van der Waals surface area contributed by atoms with Gasteiger partial charge in [0.25, 0.3) is 0 Å². The highest BCUT2D eigenvalue weighted by atomic mass is 127. The van der Waals surface area contributed by atoms with Gasteiger partial charge >= 0.3 is 0 Å². The van der Waals surface area contributed by atoms with Gasteiger partial charge < -0.3 is 20.5 Å². The van der Waals surface area contributed by atoms with E-state index in [-0.39, 0.29) is 36.0 Å². The van der Waals surface area contributed by atoms with E-state index in [9.17, 15) is 5.11 Å². The third kappa shape index (κ3) is 6.96. The van der Waals surface area contributed by atoms with Crippen LogP contribution in [0, 0.1) is 12.3 Å². The normalized spacial score (nSPS) is 18.7. The summed E-state index contributed by atoms with van der Waals surface area (Å²) in [5.74, 6) is 0.803. The van der Waals surface area contributed by atoms with Gasteiger partial charge in [0.15, 0.2) is 5.96 Å². The fourth-order valence-electron chi connectivity index (χ4n) is 3.77. The molecular formula is C24H34IN3O2. The van der Waals surface area contributed by atoms with Gasteiger partial charge in [0.05, 0.1) is 13.2 Å². The van der Waals surface area contributed by atoms with Crippen LogP contribution in [0.3, 0.4) is 0 Å². The molecule has 1 aliphatic rings. The first-order chi connectivity index (χ1) is 14.1. The number of rotatable bonds is 8. The molecule has 2 aromatic rings. The first-order valence-corrected chi connectivity index (χ1v) is 10.5. The highest BCUT2D eigenvalue weighted by Gasteiger charge is 2.34. The zero-order chi connectivity index (χ0) is 20.5. The molecule has 3 rings (SSSR count). The maximum atomic E-state index is 9.42. The Kier molecular flexibility index (Phi) is 10.1. The van der Waals surface area contributed by atoms with E-state index in [1.165, 1.54) is 22.3 Å². The van der Waals surface area contributed by atoms with Gasteiger partial charge in [-0.15, -0.1) is 24.0 Å². The Hall–Kier alpha value is -1.64. The van der Waals surface area contributed by atoms with Gasteiger partial charge in [-0.05, 0) is 49.4 Å². The van der Waals surface area contributed by atoms with Crippen molar-refractivity contribution >= 4 is 29.9 Å². The van der Waals surface area contributed by atoms with Crippen LogP contribution in [0.25, 0.3) is 11.1 Å².